The third-order valence-electron chi connectivity index (χ3n) is 4.22. The van der Waals surface area contributed by atoms with Crippen LogP contribution in [0.5, 0.6) is 0 Å². The van der Waals surface area contributed by atoms with Crippen molar-refractivity contribution in [1.82, 2.24) is 24.9 Å². The van der Waals surface area contributed by atoms with Crippen molar-refractivity contribution in [1.29, 1.82) is 0 Å². The first-order chi connectivity index (χ1) is 12.7. The summed E-state index contributed by atoms with van der Waals surface area (Å²) in [4.78, 5) is 24.6. The standard InChI is InChI=1S/C17H16ClN5O3/c18-15-12(3-1-5-19-15)16-20-14(26-21-16)11-22-6-8-23(9-7-22)17(24)13-4-2-10-25-13/h1-5,10H,6-9,11H2. The second kappa shape index (κ2) is 7.27. The number of carbonyl (C=O) groups excluding carboxylic acids is 1. The molecule has 1 saturated heterocycles. The van der Waals surface area contributed by atoms with E-state index in [-0.39, 0.29) is 5.91 Å². The number of aromatic nitrogens is 3. The van der Waals surface area contributed by atoms with E-state index in [1.807, 2.05) is 0 Å². The molecule has 1 aliphatic rings. The average Bonchev–Trinajstić information content (AvgIpc) is 3.34. The molecule has 8 nitrogen and oxygen atoms in total. The third-order valence-corrected chi connectivity index (χ3v) is 4.52. The molecular weight excluding hydrogens is 358 g/mol. The van der Waals surface area contributed by atoms with Crippen LogP contribution in [-0.4, -0.2) is 57.0 Å². The molecule has 1 aliphatic heterocycles. The Morgan fingerprint density at radius 1 is 1.19 bits per heavy atom. The molecule has 0 aromatic carbocycles. The van der Waals surface area contributed by atoms with Gasteiger partial charge in [0.25, 0.3) is 5.91 Å². The highest BCUT2D eigenvalue weighted by atomic mass is 35.5. The van der Waals surface area contributed by atoms with Gasteiger partial charge in [0.05, 0.1) is 18.4 Å². The molecule has 0 N–H and O–H groups in total. The van der Waals surface area contributed by atoms with Crippen molar-refractivity contribution in [3.05, 3.63) is 53.5 Å². The number of furan rings is 1. The van der Waals surface area contributed by atoms with Gasteiger partial charge in [0, 0.05) is 32.4 Å². The molecule has 1 amide bonds. The van der Waals surface area contributed by atoms with Crippen molar-refractivity contribution in [2.75, 3.05) is 26.2 Å². The third kappa shape index (κ3) is 3.47. The van der Waals surface area contributed by atoms with Gasteiger partial charge in [0.15, 0.2) is 5.76 Å². The number of hydrogen-bond donors (Lipinski definition) is 0. The minimum Gasteiger partial charge on any atom is -0.459 e. The molecule has 0 bridgehead atoms. The Hall–Kier alpha value is -2.71. The summed E-state index contributed by atoms with van der Waals surface area (Å²) in [7, 11) is 0. The summed E-state index contributed by atoms with van der Waals surface area (Å²) in [5.74, 6) is 1.21. The maximum Gasteiger partial charge on any atom is 0.289 e. The van der Waals surface area contributed by atoms with E-state index >= 15 is 0 Å². The minimum absolute atomic E-state index is 0.0825. The summed E-state index contributed by atoms with van der Waals surface area (Å²) in [6.07, 6.45) is 3.11. The van der Waals surface area contributed by atoms with Gasteiger partial charge in [-0.2, -0.15) is 4.98 Å². The van der Waals surface area contributed by atoms with Crippen molar-refractivity contribution in [3.63, 3.8) is 0 Å². The number of rotatable bonds is 4. The number of pyridine rings is 1. The van der Waals surface area contributed by atoms with Crippen LogP contribution in [0, 0.1) is 0 Å². The van der Waals surface area contributed by atoms with E-state index in [0.29, 0.717) is 47.8 Å². The summed E-state index contributed by atoms with van der Waals surface area (Å²) in [5, 5.41) is 4.31. The predicted octanol–water partition coefficient (Wildman–Crippen LogP) is 2.34. The quantitative estimate of drug-likeness (QED) is 0.648. The summed E-state index contributed by atoms with van der Waals surface area (Å²) in [6.45, 7) is 3.20. The Morgan fingerprint density at radius 2 is 2.04 bits per heavy atom. The maximum absolute atomic E-state index is 12.3. The highest BCUT2D eigenvalue weighted by molar-refractivity contribution is 6.31. The molecule has 0 radical (unpaired) electrons. The van der Waals surface area contributed by atoms with E-state index in [1.165, 1.54) is 6.26 Å². The van der Waals surface area contributed by atoms with Gasteiger partial charge in [-0.1, -0.05) is 16.8 Å². The van der Waals surface area contributed by atoms with E-state index in [0.717, 1.165) is 13.1 Å². The van der Waals surface area contributed by atoms with Crippen LogP contribution in [-0.2, 0) is 6.54 Å². The van der Waals surface area contributed by atoms with Gasteiger partial charge < -0.3 is 13.8 Å². The Balaban J connectivity index is 1.35. The highest BCUT2D eigenvalue weighted by Gasteiger charge is 2.24. The van der Waals surface area contributed by atoms with Crippen molar-refractivity contribution < 1.29 is 13.7 Å². The molecule has 4 rings (SSSR count). The van der Waals surface area contributed by atoms with Crippen LogP contribution in [0.4, 0.5) is 0 Å². The Labute approximate surface area is 154 Å². The first-order valence-electron chi connectivity index (χ1n) is 8.19. The SMILES string of the molecule is O=C(c1ccco1)N1CCN(Cc2nc(-c3cccnc3Cl)no2)CC1. The molecule has 0 saturated carbocycles. The number of halogens is 1. The first kappa shape index (κ1) is 16.7. The molecule has 0 unspecified atom stereocenters. The molecule has 4 heterocycles. The zero-order chi connectivity index (χ0) is 17.9. The van der Waals surface area contributed by atoms with Crippen molar-refractivity contribution in [2.45, 2.75) is 6.54 Å². The Bertz CT molecular complexity index is 887. The van der Waals surface area contributed by atoms with Gasteiger partial charge in [-0.25, -0.2) is 4.98 Å². The fourth-order valence-electron chi connectivity index (χ4n) is 2.84. The van der Waals surface area contributed by atoms with Gasteiger partial charge in [-0.15, -0.1) is 0 Å². The van der Waals surface area contributed by atoms with E-state index in [2.05, 4.69) is 20.0 Å². The summed E-state index contributed by atoms with van der Waals surface area (Å²) in [6, 6.07) is 6.96. The van der Waals surface area contributed by atoms with Gasteiger partial charge in [-0.3, -0.25) is 9.69 Å². The van der Waals surface area contributed by atoms with Crippen LogP contribution in [0.15, 0.2) is 45.7 Å². The van der Waals surface area contributed by atoms with E-state index in [9.17, 15) is 4.79 Å². The predicted molar refractivity (Wildman–Crippen MR) is 92.4 cm³/mol. The Kier molecular flexibility index (Phi) is 4.68. The molecule has 9 heteroatoms. The monoisotopic (exact) mass is 373 g/mol. The largest absolute Gasteiger partial charge is 0.459 e. The first-order valence-corrected chi connectivity index (χ1v) is 8.57. The number of piperazine rings is 1. The van der Waals surface area contributed by atoms with Crippen LogP contribution < -0.4 is 0 Å². The van der Waals surface area contributed by atoms with Crippen LogP contribution in [0.25, 0.3) is 11.4 Å². The smallest absolute Gasteiger partial charge is 0.289 e. The average molecular weight is 374 g/mol. The summed E-state index contributed by atoms with van der Waals surface area (Å²) in [5.41, 5.74) is 0.637. The minimum atomic E-state index is -0.0825. The Morgan fingerprint density at radius 3 is 2.77 bits per heavy atom. The summed E-state index contributed by atoms with van der Waals surface area (Å²) >= 11 is 6.06. The molecule has 0 aliphatic carbocycles. The fraction of sp³-hybridized carbons (Fsp3) is 0.294. The van der Waals surface area contributed by atoms with Gasteiger partial charge in [-0.05, 0) is 24.3 Å². The molecule has 0 spiro atoms. The zero-order valence-electron chi connectivity index (χ0n) is 13.8. The van der Waals surface area contributed by atoms with Crippen LogP contribution in [0.3, 0.4) is 0 Å². The molecule has 134 valence electrons. The maximum atomic E-state index is 12.3. The topological polar surface area (TPSA) is 88.5 Å². The lowest BCUT2D eigenvalue weighted by atomic mass is 10.2. The second-order valence-electron chi connectivity index (χ2n) is 5.90. The molecular formula is C17H16ClN5O3. The zero-order valence-corrected chi connectivity index (χ0v) is 14.6. The van der Waals surface area contributed by atoms with Gasteiger partial charge >= 0.3 is 0 Å². The molecule has 3 aromatic heterocycles. The number of nitrogens with zero attached hydrogens (tertiary/aromatic N) is 5. The van der Waals surface area contributed by atoms with Crippen molar-refractivity contribution in [3.8, 4) is 11.4 Å². The fourth-order valence-corrected chi connectivity index (χ4v) is 3.04. The number of carbonyl (C=O) groups is 1. The molecule has 1 fully saturated rings. The van der Waals surface area contributed by atoms with E-state index < -0.39 is 0 Å². The van der Waals surface area contributed by atoms with Crippen LogP contribution in [0.2, 0.25) is 5.15 Å². The van der Waals surface area contributed by atoms with Crippen LogP contribution in [0.1, 0.15) is 16.4 Å². The highest BCUT2D eigenvalue weighted by Crippen LogP contribution is 2.23. The van der Waals surface area contributed by atoms with Gasteiger partial charge in [0.2, 0.25) is 11.7 Å². The second-order valence-corrected chi connectivity index (χ2v) is 6.26. The normalized spacial score (nSPS) is 15.3. The van der Waals surface area contributed by atoms with E-state index in [4.69, 9.17) is 20.5 Å². The summed E-state index contributed by atoms with van der Waals surface area (Å²) < 4.78 is 10.5. The lowest BCUT2D eigenvalue weighted by Gasteiger charge is -2.33. The molecule has 0 atom stereocenters. The lowest BCUT2D eigenvalue weighted by molar-refractivity contribution is 0.0585. The number of amides is 1. The molecule has 26 heavy (non-hydrogen) atoms. The van der Waals surface area contributed by atoms with Crippen molar-refractivity contribution in [2.24, 2.45) is 0 Å². The van der Waals surface area contributed by atoms with Crippen LogP contribution >= 0.6 is 11.6 Å². The van der Waals surface area contributed by atoms with Crippen molar-refractivity contribution >= 4 is 17.5 Å². The van der Waals surface area contributed by atoms with Gasteiger partial charge in [0.1, 0.15) is 5.15 Å². The molecule has 3 aromatic rings. The van der Waals surface area contributed by atoms with E-state index in [1.54, 1.807) is 35.4 Å². The lowest BCUT2D eigenvalue weighted by Crippen LogP contribution is -2.48. The number of hydrogen-bond acceptors (Lipinski definition) is 7.